The predicted molar refractivity (Wildman–Crippen MR) is 133 cm³/mol. The quantitative estimate of drug-likeness (QED) is 0.529. The highest BCUT2D eigenvalue weighted by atomic mass is 16.5. The lowest BCUT2D eigenvalue weighted by molar-refractivity contribution is 0.0776. The number of hydrogen-bond acceptors (Lipinski definition) is 6. The Balaban J connectivity index is 1.39. The van der Waals surface area contributed by atoms with Crippen LogP contribution < -0.4 is 19.7 Å². The molecule has 0 aliphatic carbocycles. The molecular weight excluding hydrogens is 446 g/mol. The number of piperidine rings is 1. The number of rotatable bonds is 8. The summed E-state index contributed by atoms with van der Waals surface area (Å²) in [6.07, 6.45) is 3.15. The molecule has 2 amide bonds. The summed E-state index contributed by atoms with van der Waals surface area (Å²) < 4.78 is 16.0. The molecule has 3 aromatic rings. The normalized spacial score (nSPS) is 13.9. The van der Waals surface area contributed by atoms with Gasteiger partial charge in [-0.25, -0.2) is 0 Å². The third kappa shape index (κ3) is 5.59. The summed E-state index contributed by atoms with van der Waals surface area (Å²) in [6.45, 7) is 1.87. The van der Waals surface area contributed by atoms with Crippen LogP contribution in [-0.2, 0) is 6.54 Å². The van der Waals surface area contributed by atoms with E-state index in [1.165, 1.54) is 7.11 Å². The number of para-hydroxylation sites is 1. The Morgan fingerprint density at radius 1 is 1.03 bits per heavy atom. The van der Waals surface area contributed by atoms with Crippen LogP contribution in [0.25, 0.3) is 0 Å². The number of nitrogens with one attached hydrogen (secondary N) is 1. The van der Waals surface area contributed by atoms with Gasteiger partial charge in [-0.3, -0.25) is 9.59 Å². The van der Waals surface area contributed by atoms with Crippen LogP contribution in [0.3, 0.4) is 0 Å². The van der Waals surface area contributed by atoms with E-state index < -0.39 is 0 Å². The number of methoxy groups -OCH3 is 2. The minimum atomic E-state index is -0.168. The summed E-state index contributed by atoms with van der Waals surface area (Å²) in [4.78, 5) is 29.9. The lowest BCUT2D eigenvalue weighted by atomic mass is 10.0. The number of carbonyl (C=O) groups excluding carboxylic acids is 2. The number of furan rings is 1. The second kappa shape index (κ2) is 11.0. The third-order valence-electron chi connectivity index (χ3n) is 6.28. The van der Waals surface area contributed by atoms with E-state index in [-0.39, 0.29) is 17.9 Å². The van der Waals surface area contributed by atoms with Crippen molar-refractivity contribution >= 4 is 17.5 Å². The average Bonchev–Trinajstić information content (AvgIpc) is 3.41. The Kier molecular flexibility index (Phi) is 7.60. The molecule has 0 bridgehead atoms. The van der Waals surface area contributed by atoms with E-state index in [4.69, 9.17) is 13.9 Å². The largest absolute Gasteiger partial charge is 0.497 e. The number of ether oxygens (including phenoxy) is 2. The van der Waals surface area contributed by atoms with Crippen molar-refractivity contribution in [3.63, 3.8) is 0 Å². The van der Waals surface area contributed by atoms with Crippen LogP contribution in [0, 0.1) is 0 Å². The van der Waals surface area contributed by atoms with E-state index in [2.05, 4.69) is 10.2 Å². The molecule has 184 valence electrons. The van der Waals surface area contributed by atoms with Gasteiger partial charge < -0.3 is 29.0 Å². The van der Waals surface area contributed by atoms with Gasteiger partial charge in [-0.1, -0.05) is 12.1 Å². The maximum Gasteiger partial charge on any atom is 0.256 e. The highest BCUT2D eigenvalue weighted by Gasteiger charge is 2.26. The predicted octanol–water partition coefficient (Wildman–Crippen LogP) is 3.97. The summed E-state index contributed by atoms with van der Waals surface area (Å²) in [5.74, 6) is 1.63. The van der Waals surface area contributed by atoms with E-state index in [1.54, 1.807) is 43.5 Å². The summed E-state index contributed by atoms with van der Waals surface area (Å²) in [7, 11) is 4.89. The summed E-state index contributed by atoms with van der Waals surface area (Å²) in [6, 6.07) is 16.5. The molecule has 8 nitrogen and oxygen atoms in total. The molecule has 0 radical (unpaired) electrons. The minimum Gasteiger partial charge on any atom is -0.497 e. The Bertz CT molecular complexity index is 1150. The molecule has 1 aliphatic rings. The molecule has 1 saturated heterocycles. The lowest BCUT2D eigenvalue weighted by Crippen LogP contribution is -2.45. The Morgan fingerprint density at radius 3 is 2.49 bits per heavy atom. The van der Waals surface area contributed by atoms with E-state index in [0.717, 1.165) is 37.4 Å². The number of anilines is 1. The molecule has 4 rings (SSSR count). The highest BCUT2D eigenvalue weighted by Crippen LogP contribution is 2.27. The van der Waals surface area contributed by atoms with E-state index >= 15 is 0 Å². The summed E-state index contributed by atoms with van der Waals surface area (Å²) in [5.41, 5.74) is 2.05. The molecule has 0 atom stereocenters. The van der Waals surface area contributed by atoms with E-state index in [0.29, 0.717) is 29.2 Å². The van der Waals surface area contributed by atoms with Crippen molar-refractivity contribution in [3.05, 3.63) is 77.7 Å². The molecule has 8 heteroatoms. The number of amides is 2. The topological polar surface area (TPSA) is 84.3 Å². The van der Waals surface area contributed by atoms with Crippen LogP contribution in [0.15, 0.2) is 65.3 Å². The van der Waals surface area contributed by atoms with Crippen molar-refractivity contribution < 1.29 is 23.5 Å². The first-order chi connectivity index (χ1) is 17.0. The van der Waals surface area contributed by atoms with Gasteiger partial charge in [-0.05, 0) is 49.2 Å². The minimum absolute atomic E-state index is 0.0371. The highest BCUT2D eigenvalue weighted by molar-refractivity contribution is 6.00. The molecule has 0 spiro atoms. The zero-order chi connectivity index (χ0) is 24.8. The maximum atomic E-state index is 13.2. The fraction of sp³-hybridized carbons (Fsp3) is 0.333. The molecule has 1 fully saturated rings. The van der Waals surface area contributed by atoms with Crippen molar-refractivity contribution in [3.8, 4) is 11.5 Å². The number of hydrogen-bond donors (Lipinski definition) is 1. The molecule has 35 heavy (non-hydrogen) atoms. The van der Waals surface area contributed by atoms with Crippen LogP contribution in [0.1, 0.15) is 39.3 Å². The van der Waals surface area contributed by atoms with Gasteiger partial charge in [0.05, 0.1) is 38.2 Å². The van der Waals surface area contributed by atoms with Crippen molar-refractivity contribution in [2.24, 2.45) is 0 Å². The SMILES string of the molecule is COc1ccc(C(=O)NC2CCN(c3ccccc3C(=O)N(C)Cc3ccco3)CC2)c(OC)c1. The monoisotopic (exact) mass is 477 g/mol. The van der Waals surface area contributed by atoms with Gasteiger partial charge >= 0.3 is 0 Å². The van der Waals surface area contributed by atoms with Gasteiger partial charge in [0.2, 0.25) is 0 Å². The molecule has 1 aliphatic heterocycles. The molecule has 1 aromatic heterocycles. The smallest absolute Gasteiger partial charge is 0.256 e. The summed E-state index contributed by atoms with van der Waals surface area (Å²) in [5, 5.41) is 3.13. The number of carbonyl (C=O) groups is 2. The second-order valence-electron chi connectivity index (χ2n) is 8.56. The van der Waals surface area contributed by atoms with Crippen LogP contribution in [-0.4, -0.2) is 57.1 Å². The summed E-state index contributed by atoms with van der Waals surface area (Å²) >= 11 is 0. The van der Waals surface area contributed by atoms with E-state index in [9.17, 15) is 9.59 Å². The van der Waals surface area contributed by atoms with Crippen molar-refractivity contribution in [1.82, 2.24) is 10.2 Å². The lowest BCUT2D eigenvalue weighted by Gasteiger charge is -2.35. The standard InChI is InChI=1S/C27H31N3O5/c1-29(18-21-7-6-16-35-21)27(32)22-8-4-5-9-24(22)30-14-12-19(13-15-30)28-26(31)23-11-10-20(33-2)17-25(23)34-3/h4-11,16-17,19H,12-15,18H2,1-3H3,(H,28,31). The average molecular weight is 478 g/mol. The zero-order valence-electron chi connectivity index (χ0n) is 20.3. The van der Waals surface area contributed by atoms with Gasteiger partial charge in [0.15, 0.2) is 0 Å². The maximum absolute atomic E-state index is 13.2. The van der Waals surface area contributed by atoms with Crippen molar-refractivity contribution in [1.29, 1.82) is 0 Å². The molecule has 1 N–H and O–H groups in total. The molecule has 2 aromatic carbocycles. The number of nitrogens with zero attached hydrogens (tertiary/aromatic N) is 2. The van der Waals surface area contributed by atoms with Crippen molar-refractivity contribution in [2.45, 2.75) is 25.4 Å². The second-order valence-corrected chi connectivity index (χ2v) is 8.56. The van der Waals surface area contributed by atoms with Crippen molar-refractivity contribution in [2.75, 3.05) is 39.3 Å². The van der Waals surface area contributed by atoms with Gasteiger partial charge in [0.25, 0.3) is 11.8 Å². The van der Waals surface area contributed by atoms with Crippen LogP contribution in [0.2, 0.25) is 0 Å². The first-order valence-electron chi connectivity index (χ1n) is 11.6. The van der Waals surface area contributed by atoms with Crippen LogP contribution in [0.5, 0.6) is 11.5 Å². The first kappa shape index (κ1) is 24.2. The van der Waals surface area contributed by atoms with Gasteiger partial charge in [-0.15, -0.1) is 0 Å². The van der Waals surface area contributed by atoms with Crippen LogP contribution >= 0.6 is 0 Å². The number of benzene rings is 2. The van der Waals surface area contributed by atoms with Gasteiger partial charge in [0, 0.05) is 37.9 Å². The fourth-order valence-corrected chi connectivity index (χ4v) is 4.36. The zero-order valence-corrected chi connectivity index (χ0v) is 20.3. The van der Waals surface area contributed by atoms with Gasteiger partial charge in [0.1, 0.15) is 17.3 Å². The Hall–Kier alpha value is -3.94. The molecule has 2 heterocycles. The first-order valence-corrected chi connectivity index (χ1v) is 11.6. The van der Waals surface area contributed by atoms with Gasteiger partial charge in [-0.2, -0.15) is 0 Å². The molecule has 0 saturated carbocycles. The van der Waals surface area contributed by atoms with Crippen LogP contribution in [0.4, 0.5) is 5.69 Å². The third-order valence-corrected chi connectivity index (χ3v) is 6.28. The molecular formula is C27H31N3O5. The van der Waals surface area contributed by atoms with E-state index in [1.807, 2.05) is 36.4 Å². The Labute approximate surface area is 205 Å². The molecule has 0 unspecified atom stereocenters. The fourth-order valence-electron chi connectivity index (χ4n) is 4.36. The Morgan fingerprint density at radius 2 is 1.80 bits per heavy atom.